The van der Waals surface area contributed by atoms with Gasteiger partial charge >= 0.3 is 0 Å². The molecule has 0 saturated carbocycles. The number of nitrogens with zero attached hydrogens (tertiary/aromatic N) is 1. The summed E-state index contributed by atoms with van der Waals surface area (Å²) >= 11 is 1.35. The van der Waals surface area contributed by atoms with Gasteiger partial charge in [-0.05, 0) is 47.5 Å². The van der Waals surface area contributed by atoms with Gasteiger partial charge in [-0.25, -0.2) is 0 Å². The molecular weight excluding hydrogens is 392 g/mol. The van der Waals surface area contributed by atoms with Crippen LogP contribution < -0.4 is 5.32 Å². The molecule has 4 nitrogen and oxygen atoms in total. The third kappa shape index (κ3) is 5.49. The number of hydrogen-bond acceptors (Lipinski definition) is 4. The summed E-state index contributed by atoms with van der Waals surface area (Å²) in [5.74, 6) is 0.851. The number of hydrogen-bond donors (Lipinski definition) is 1. The van der Waals surface area contributed by atoms with Gasteiger partial charge in [0.2, 0.25) is 5.91 Å². The van der Waals surface area contributed by atoms with Crippen molar-refractivity contribution in [2.75, 3.05) is 11.1 Å². The Bertz CT molecular complexity index is 1120. The van der Waals surface area contributed by atoms with E-state index >= 15 is 0 Å². The Morgan fingerprint density at radius 3 is 2.23 bits per heavy atom. The lowest BCUT2D eigenvalue weighted by atomic mass is 10.1. The number of thioether (sulfide) groups is 1. The van der Waals surface area contributed by atoms with Gasteiger partial charge in [0, 0.05) is 5.69 Å². The van der Waals surface area contributed by atoms with Crippen molar-refractivity contribution >= 4 is 35.3 Å². The second-order valence-electron chi connectivity index (χ2n) is 6.53. The predicted molar refractivity (Wildman–Crippen MR) is 124 cm³/mol. The molecule has 1 amide bonds. The van der Waals surface area contributed by atoms with E-state index in [9.17, 15) is 4.79 Å². The summed E-state index contributed by atoms with van der Waals surface area (Å²) in [4.78, 5) is 16.5. The fourth-order valence-corrected chi connectivity index (χ4v) is 3.51. The number of amides is 1. The summed E-state index contributed by atoms with van der Waals surface area (Å²) in [7, 11) is 0. The number of rotatable bonds is 7. The summed E-state index contributed by atoms with van der Waals surface area (Å²) in [5, 5.41) is 3.53. The molecule has 0 spiro atoms. The minimum Gasteiger partial charge on any atom is -0.449 e. The van der Waals surface area contributed by atoms with Crippen molar-refractivity contribution in [3.8, 4) is 11.1 Å². The number of carbonyl (C=O) groups excluding carboxylic acids is 1. The van der Waals surface area contributed by atoms with E-state index in [4.69, 9.17) is 4.42 Å². The lowest BCUT2D eigenvalue weighted by molar-refractivity contribution is -0.113. The van der Waals surface area contributed by atoms with E-state index in [-0.39, 0.29) is 11.7 Å². The molecule has 0 atom stereocenters. The van der Waals surface area contributed by atoms with Crippen molar-refractivity contribution in [3.05, 3.63) is 103 Å². The highest BCUT2D eigenvalue weighted by atomic mass is 32.2. The summed E-state index contributed by atoms with van der Waals surface area (Å²) in [6.07, 6.45) is 1.69. The third-order valence-electron chi connectivity index (χ3n) is 4.32. The number of nitrogens with one attached hydrogen (secondary N) is 1. The highest BCUT2D eigenvalue weighted by molar-refractivity contribution is 7.99. The lowest BCUT2D eigenvalue weighted by Gasteiger charge is -2.03. The first kappa shape index (κ1) is 19.7. The van der Waals surface area contributed by atoms with Crippen LogP contribution in [0.5, 0.6) is 0 Å². The van der Waals surface area contributed by atoms with Crippen LogP contribution in [0.1, 0.15) is 5.76 Å². The Morgan fingerprint density at radius 2 is 1.50 bits per heavy atom. The fourth-order valence-electron chi connectivity index (χ4n) is 2.85. The van der Waals surface area contributed by atoms with Crippen molar-refractivity contribution in [2.24, 2.45) is 4.99 Å². The number of carbonyl (C=O) groups is 1. The number of aliphatic imine (C=N–C) groups is 1. The highest BCUT2D eigenvalue weighted by Crippen LogP contribution is 2.23. The minimum atomic E-state index is -0.0728. The van der Waals surface area contributed by atoms with Gasteiger partial charge < -0.3 is 9.73 Å². The fraction of sp³-hybridized carbons (Fsp3) is 0.0400. The first-order valence-electron chi connectivity index (χ1n) is 9.53. The molecule has 5 heteroatoms. The van der Waals surface area contributed by atoms with E-state index in [1.54, 1.807) is 6.21 Å². The van der Waals surface area contributed by atoms with Gasteiger partial charge in [0.25, 0.3) is 0 Å². The topological polar surface area (TPSA) is 54.6 Å². The maximum Gasteiger partial charge on any atom is 0.234 e. The van der Waals surface area contributed by atoms with E-state index in [2.05, 4.69) is 34.6 Å². The Balaban J connectivity index is 1.30. The summed E-state index contributed by atoms with van der Waals surface area (Å²) < 4.78 is 5.73. The van der Waals surface area contributed by atoms with Crippen LogP contribution in [0.4, 0.5) is 11.4 Å². The molecule has 1 heterocycles. The Morgan fingerprint density at radius 1 is 0.833 bits per heavy atom. The van der Waals surface area contributed by atoms with Gasteiger partial charge in [0.05, 0.1) is 17.7 Å². The molecule has 3 aromatic carbocycles. The third-order valence-corrected chi connectivity index (χ3v) is 5.23. The molecule has 4 aromatic rings. The standard InChI is InChI=1S/C25H20N2O2S/c28-24(27-22-9-5-2-6-10-22)18-30-25-16-15-23(29-25)17-26-21-13-11-20(12-14-21)19-7-3-1-4-8-19/h1-17H,18H2,(H,27,28). The van der Waals surface area contributed by atoms with Gasteiger partial charge in [-0.15, -0.1) is 0 Å². The number of anilines is 1. The second-order valence-corrected chi connectivity index (χ2v) is 7.51. The van der Waals surface area contributed by atoms with Crippen LogP contribution in [0.2, 0.25) is 0 Å². The highest BCUT2D eigenvalue weighted by Gasteiger charge is 2.06. The molecule has 0 unspecified atom stereocenters. The molecule has 0 aliphatic carbocycles. The number of furan rings is 1. The molecule has 1 aromatic heterocycles. The molecule has 1 N–H and O–H groups in total. The summed E-state index contributed by atoms with van der Waals surface area (Å²) in [6, 6.07) is 31.4. The molecule has 4 rings (SSSR count). The average molecular weight is 413 g/mol. The molecular formula is C25H20N2O2S. The van der Waals surface area contributed by atoms with Crippen molar-refractivity contribution in [1.29, 1.82) is 0 Å². The zero-order valence-electron chi connectivity index (χ0n) is 16.2. The second kappa shape index (κ2) is 9.76. The van der Waals surface area contributed by atoms with E-state index in [0.29, 0.717) is 10.9 Å². The number of benzene rings is 3. The van der Waals surface area contributed by atoms with Crippen molar-refractivity contribution in [3.63, 3.8) is 0 Å². The molecule has 148 valence electrons. The zero-order valence-corrected chi connectivity index (χ0v) is 17.0. The number of para-hydroxylation sites is 1. The Hall–Kier alpha value is -3.57. The SMILES string of the molecule is O=C(CSc1ccc(C=Nc2ccc(-c3ccccc3)cc2)o1)Nc1ccccc1. The van der Waals surface area contributed by atoms with E-state index < -0.39 is 0 Å². The molecule has 0 radical (unpaired) electrons. The molecule has 0 aliphatic rings. The van der Waals surface area contributed by atoms with Crippen LogP contribution >= 0.6 is 11.8 Å². The Kier molecular flexibility index (Phi) is 6.42. The van der Waals surface area contributed by atoms with Crippen molar-refractivity contribution < 1.29 is 9.21 Å². The Labute approximate surface area is 179 Å². The first-order chi connectivity index (χ1) is 14.8. The van der Waals surface area contributed by atoms with Gasteiger partial charge in [-0.1, -0.05) is 72.4 Å². The molecule has 0 saturated heterocycles. The summed E-state index contributed by atoms with van der Waals surface area (Å²) in [5.41, 5.74) is 3.97. The maximum atomic E-state index is 12.0. The van der Waals surface area contributed by atoms with Gasteiger partial charge in [-0.2, -0.15) is 0 Å². The molecule has 0 fully saturated rings. The van der Waals surface area contributed by atoms with Crippen LogP contribution in [-0.4, -0.2) is 17.9 Å². The minimum absolute atomic E-state index is 0.0728. The first-order valence-corrected chi connectivity index (χ1v) is 10.5. The summed E-state index contributed by atoms with van der Waals surface area (Å²) in [6.45, 7) is 0. The van der Waals surface area contributed by atoms with Crippen LogP contribution in [0.15, 0.2) is 112 Å². The smallest absolute Gasteiger partial charge is 0.234 e. The quantitative estimate of drug-likeness (QED) is 0.281. The average Bonchev–Trinajstić information content (AvgIpc) is 3.26. The van der Waals surface area contributed by atoms with Crippen LogP contribution in [0, 0.1) is 0 Å². The van der Waals surface area contributed by atoms with Gasteiger partial charge in [-0.3, -0.25) is 9.79 Å². The van der Waals surface area contributed by atoms with Gasteiger partial charge in [0.15, 0.2) is 5.09 Å². The maximum absolute atomic E-state index is 12.0. The van der Waals surface area contributed by atoms with Gasteiger partial charge in [0.1, 0.15) is 5.76 Å². The van der Waals surface area contributed by atoms with Crippen molar-refractivity contribution in [1.82, 2.24) is 0 Å². The van der Waals surface area contributed by atoms with Crippen LogP contribution in [0.3, 0.4) is 0 Å². The van der Waals surface area contributed by atoms with Crippen LogP contribution in [0.25, 0.3) is 11.1 Å². The largest absolute Gasteiger partial charge is 0.449 e. The lowest BCUT2D eigenvalue weighted by Crippen LogP contribution is -2.13. The monoisotopic (exact) mass is 412 g/mol. The van der Waals surface area contributed by atoms with Crippen LogP contribution in [-0.2, 0) is 4.79 Å². The van der Waals surface area contributed by atoms with Crippen molar-refractivity contribution in [2.45, 2.75) is 5.09 Å². The van der Waals surface area contributed by atoms with E-state index in [0.717, 1.165) is 16.9 Å². The molecule has 30 heavy (non-hydrogen) atoms. The van der Waals surface area contributed by atoms with E-state index in [1.807, 2.05) is 72.8 Å². The zero-order chi connectivity index (χ0) is 20.6. The predicted octanol–water partition coefficient (Wildman–Crippen LogP) is 6.43. The van der Waals surface area contributed by atoms with E-state index in [1.165, 1.54) is 17.3 Å². The molecule has 0 aliphatic heterocycles. The molecule has 0 bridgehead atoms. The normalized spacial score (nSPS) is 10.9.